The van der Waals surface area contributed by atoms with Crippen LogP contribution in [0.15, 0.2) is 29.2 Å². The summed E-state index contributed by atoms with van der Waals surface area (Å²) in [5.74, 6) is 0. The minimum atomic E-state index is 0.0834. The summed E-state index contributed by atoms with van der Waals surface area (Å²) in [5, 5.41) is 3.63. The molecular formula is C16H27N3O. The highest BCUT2D eigenvalue weighted by molar-refractivity contribution is 4.99. The van der Waals surface area contributed by atoms with E-state index in [4.69, 9.17) is 0 Å². The molecule has 112 valence electrons. The molecule has 1 aliphatic heterocycles. The van der Waals surface area contributed by atoms with E-state index >= 15 is 0 Å². The number of rotatable bonds is 4. The molecule has 1 aromatic rings. The van der Waals surface area contributed by atoms with E-state index in [9.17, 15) is 4.79 Å². The number of nitrogens with one attached hydrogen (secondary N) is 1. The van der Waals surface area contributed by atoms with Crippen molar-refractivity contribution < 1.29 is 0 Å². The van der Waals surface area contributed by atoms with Gasteiger partial charge < -0.3 is 9.88 Å². The van der Waals surface area contributed by atoms with E-state index in [-0.39, 0.29) is 16.6 Å². The molecule has 2 heterocycles. The Morgan fingerprint density at radius 1 is 1.25 bits per heavy atom. The second-order valence-corrected chi connectivity index (χ2v) is 6.74. The molecule has 0 radical (unpaired) electrons. The van der Waals surface area contributed by atoms with E-state index in [2.05, 4.69) is 37.9 Å². The van der Waals surface area contributed by atoms with Crippen molar-refractivity contribution in [3.63, 3.8) is 0 Å². The van der Waals surface area contributed by atoms with E-state index in [1.54, 1.807) is 16.7 Å². The summed E-state index contributed by atoms with van der Waals surface area (Å²) in [6.07, 6.45) is 2.98. The maximum atomic E-state index is 11.8. The molecule has 1 unspecified atom stereocenters. The first-order valence-corrected chi connectivity index (χ1v) is 7.52. The van der Waals surface area contributed by atoms with Crippen LogP contribution in [0.3, 0.4) is 0 Å². The predicted molar refractivity (Wildman–Crippen MR) is 83.1 cm³/mol. The minimum Gasteiger partial charge on any atom is -0.314 e. The Bertz CT molecular complexity index is 508. The van der Waals surface area contributed by atoms with Crippen LogP contribution >= 0.6 is 0 Å². The van der Waals surface area contributed by atoms with Crippen LogP contribution in [0.4, 0.5) is 0 Å². The first kappa shape index (κ1) is 15.3. The topological polar surface area (TPSA) is 37.3 Å². The van der Waals surface area contributed by atoms with Gasteiger partial charge in [0.2, 0.25) is 0 Å². The van der Waals surface area contributed by atoms with Gasteiger partial charge >= 0.3 is 0 Å². The highest BCUT2D eigenvalue weighted by Crippen LogP contribution is 2.26. The van der Waals surface area contributed by atoms with Gasteiger partial charge in [0, 0.05) is 49.5 Å². The summed E-state index contributed by atoms with van der Waals surface area (Å²) in [4.78, 5) is 14.3. The SMILES string of the molecule is CCC1(C)CNC(C)(C)CN1CCn1ccccc1=O. The molecule has 0 bridgehead atoms. The van der Waals surface area contributed by atoms with Crippen molar-refractivity contribution in [2.24, 2.45) is 0 Å². The Hall–Kier alpha value is -1.13. The zero-order valence-electron chi connectivity index (χ0n) is 13.1. The highest BCUT2D eigenvalue weighted by atomic mass is 16.1. The molecular weight excluding hydrogens is 250 g/mol. The molecule has 4 nitrogen and oxygen atoms in total. The molecule has 4 heteroatoms. The molecule has 0 spiro atoms. The maximum Gasteiger partial charge on any atom is 0.250 e. The van der Waals surface area contributed by atoms with Gasteiger partial charge in [-0.05, 0) is 33.3 Å². The maximum absolute atomic E-state index is 11.8. The third-order valence-corrected chi connectivity index (χ3v) is 4.57. The van der Waals surface area contributed by atoms with Gasteiger partial charge in [0.25, 0.3) is 5.56 Å². The number of pyridine rings is 1. The fourth-order valence-electron chi connectivity index (χ4n) is 2.84. The number of hydrogen-bond donors (Lipinski definition) is 1. The Morgan fingerprint density at radius 3 is 2.65 bits per heavy atom. The molecule has 0 aliphatic carbocycles. The molecule has 0 aromatic carbocycles. The standard InChI is InChI=1S/C16H27N3O/c1-5-16(4)12-17-15(2,3)13-19(16)11-10-18-9-7-6-8-14(18)20/h6-9,17H,5,10-13H2,1-4H3. The molecule has 1 aromatic heterocycles. The third-order valence-electron chi connectivity index (χ3n) is 4.57. The summed E-state index contributed by atoms with van der Waals surface area (Å²) in [6.45, 7) is 12.7. The molecule has 1 atom stereocenters. The molecule has 0 saturated carbocycles. The number of aromatic nitrogens is 1. The summed E-state index contributed by atoms with van der Waals surface area (Å²) >= 11 is 0. The van der Waals surface area contributed by atoms with Crippen molar-refractivity contribution in [3.8, 4) is 0 Å². The van der Waals surface area contributed by atoms with Crippen molar-refractivity contribution in [3.05, 3.63) is 34.7 Å². The molecule has 0 amide bonds. The van der Waals surface area contributed by atoms with E-state index in [0.29, 0.717) is 0 Å². The van der Waals surface area contributed by atoms with Crippen LogP contribution in [0.1, 0.15) is 34.1 Å². The van der Waals surface area contributed by atoms with Crippen LogP contribution < -0.4 is 10.9 Å². The van der Waals surface area contributed by atoms with Crippen molar-refractivity contribution >= 4 is 0 Å². The Labute approximate surface area is 121 Å². The fourth-order valence-corrected chi connectivity index (χ4v) is 2.84. The van der Waals surface area contributed by atoms with Gasteiger partial charge in [-0.15, -0.1) is 0 Å². The predicted octanol–water partition coefficient (Wildman–Crippen LogP) is 1.70. The van der Waals surface area contributed by atoms with E-state index in [0.717, 1.165) is 32.6 Å². The molecule has 20 heavy (non-hydrogen) atoms. The molecule has 1 fully saturated rings. The monoisotopic (exact) mass is 277 g/mol. The quantitative estimate of drug-likeness (QED) is 0.910. The fraction of sp³-hybridized carbons (Fsp3) is 0.688. The second-order valence-electron chi connectivity index (χ2n) is 6.74. The van der Waals surface area contributed by atoms with E-state index in [1.165, 1.54) is 0 Å². The molecule has 1 aliphatic rings. The normalized spacial score (nSPS) is 26.6. The summed E-state index contributed by atoms with van der Waals surface area (Å²) in [7, 11) is 0. The van der Waals surface area contributed by atoms with Gasteiger partial charge in [-0.3, -0.25) is 9.69 Å². The van der Waals surface area contributed by atoms with Gasteiger partial charge in [-0.2, -0.15) is 0 Å². The zero-order chi connectivity index (χ0) is 14.8. The smallest absolute Gasteiger partial charge is 0.250 e. The first-order chi connectivity index (χ1) is 9.36. The van der Waals surface area contributed by atoms with Gasteiger partial charge in [-0.1, -0.05) is 13.0 Å². The van der Waals surface area contributed by atoms with Gasteiger partial charge in [0.15, 0.2) is 0 Å². The minimum absolute atomic E-state index is 0.0834. The van der Waals surface area contributed by atoms with Crippen molar-refractivity contribution in [1.29, 1.82) is 0 Å². The second kappa shape index (κ2) is 5.70. The highest BCUT2D eigenvalue weighted by Gasteiger charge is 2.39. The average molecular weight is 277 g/mol. The zero-order valence-corrected chi connectivity index (χ0v) is 13.1. The largest absolute Gasteiger partial charge is 0.314 e. The molecule has 2 rings (SSSR count). The van der Waals surface area contributed by atoms with Crippen LogP contribution in [-0.4, -0.2) is 40.2 Å². The lowest BCUT2D eigenvalue weighted by Crippen LogP contribution is -2.67. The Balaban J connectivity index is 2.09. The summed E-state index contributed by atoms with van der Waals surface area (Å²) in [5.41, 5.74) is 0.393. The Kier molecular flexibility index (Phi) is 4.35. The van der Waals surface area contributed by atoms with Gasteiger partial charge in [-0.25, -0.2) is 0 Å². The average Bonchev–Trinajstić information content (AvgIpc) is 2.41. The lowest BCUT2D eigenvalue weighted by Gasteiger charge is -2.51. The van der Waals surface area contributed by atoms with Crippen LogP contribution in [-0.2, 0) is 6.54 Å². The molecule has 1 N–H and O–H groups in total. The van der Waals surface area contributed by atoms with Crippen LogP contribution in [0.2, 0.25) is 0 Å². The first-order valence-electron chi connectivity index (χ1n) is 7.52. The van der Waals surface area contributed by atoms with Crippen LogP contribution in [0.5, 0.6) is 0 Å². The van der Waals surface area contributed by atoms with Gasteiger partial charge in [0.1, 0.15) is 0 Å². The lowest BCUT2D eigenvalue weighted by molar-refractivity contribution is 0.0215. The van der Waals surface area contributed by atoms with Crippen molar-refractivity contribution in [2.75, 3.05) is 19.6 Å². The number of nitrogens with zero attached hydrogens (tertiary/aromatic N) is 2. The number of piperazine rings is 1. The molecule has 1 saturated heterocycles. The third kappa shape index (κ3) is 3.30. The van der Waals surface area contributed by atoms with Crippen LogP contribution in [0.25, 0.3) is 0 Å². The Morgan fingerprint density at radius 2 is 2.00 bits per heavy atom. The van der Waals surface area contributed by atoms with E-state index in [1.807, 2.05) is 12.3 Å². The van der Waals surface area contributed by atoms with E-state index < -0.39 is 0 Å². The summed E-state index contributed by atoms with van der Waals surface area (Å²) in [6, 6.07) is 5.34. The van der Waals surface area contributed by atoms with Crippen LogP contribution in [0, 0.1) is 0 Å². The number of hydrogen-bond acceptors (Lipinski definition) is 3. The summed E-state index contributed by atoms with van der Waals surface area (Å²) < 4.78 is 1.80. The van der Waals surface area contributed by atoms with Crippen molar-refractivity contribution in [1.82, 2.24) is 14.8 Å². The lowest BCUT2D eigenvalue weighted by atomic mass is 9.88. The van der Waals surface area contributed by atoms with Crippen molar-refractivity contribution in [2.45, 2.75) is 51.7 Å². The van der Waals surface area contributed by atoms with Gasteiger partial charge in [0.05, 0.1) is 0 Å².